The molecule has 1 aromatic carbocycles. The van der Waals surface area contributed by atoms with Crippen molar-refractivity contribution in [2.45, 2.75) is 19.3 Å². The van der Waals surface area contributed by atoms with E-state index in [1.807, 2.05) is 11.8 Å². The monoisotopic (exact) mass is 287 g/mol. The summed E-state index contributed by atoms with van der Waals surface area (Å²) in [4.78, 5) is 0. The summed E-state index contributed by atoms with van der Waals surface area (Å²) in [5.74, 6) is 2.89. The summed E-state index contributed by atoms with van der Waals surface area (Å²) in [5.41, 5.74) is 7.16. The van der Waals surface area contributed by atoms with Gasteiger partial charge in [0.25, 0.3) is 0 Å². The fraction of sp³-hybridized carbons (Fsp3) is 0.500. The minimum Gasteiger partial charge on any atom is -0.330 e. The molecule has 15 heavy (non-hydrogen) atoms. The Morgan fingerprint density at radius 3 is 2.87 bits per heavy atom. The molecule has 1 atom stereocenters. The van der Waals surface area contributed by atoms with Crippen molar-refractivity contribution in [1.29, 1.82) is 0 Å². The van der Waals surface area contributed by atoms with Crippen molar-refractivity contribution in [3.8, 4) is 0 Å². The van der Waals surface area contributed by atoms with Gasteiger partial charge in [-0.25, -0.2) is 0 Å². The molecule has 1 unspecified atom stereocenters. The van der Waals surface area contributed by atoms with Crippen molar-refractivity contribution < 1.29 is 0 Å². The number of rotatable bonds is 6. The van der Waals surface area contributed by atoms with Gasteiger partial charge >= 0.3 is 0 Å². The van der Waals surface area contributed by atoms with E-state index in [0.717, 1.165) is 11.0 Å². The van der Waals surface area contributed by atoms with E-state index in [2.05, 4.69) is 47.1 Å². The van der Waals surface area contributed by atoms with Crippen LogP contribution in [0, 0.1) is 0 Å². The van der Waals surface area contributed by atoms with Crippen molar-refractivity contribution in [3.05, 3.63) is 34.3 Å². The van der Waals surface area contributed by atoms with Crippen LogP contribution in [-0.2, 0) is 0 Å². The smallest absolute Gasteiger partial charge is 0.0178 e. The number of halogens is 1. The summed E-state index contributed by atoms with van der Waals surface area (Å²) in [6.07, 6.45) is 1.17. The highest BCUT2D eigenvalue weighted by Gasteiger charge is 2.09. The van der Waals surface area contributed by atoms with Gasteiger partial charge in [0, 0.05) is 4.47 Å². The average molecular weight is 288 g/mol. The minimum absolute atomic E-state index is 0.501. The quantitative estimate of drug-likeness (QED) is 0.809. The molecule has 0 bridgehead atoms. The topological polar surface area (TPSA) is 26.0 Å². The second kappa shape index (κ2) is 7.31. The lowest BCUT2D eigenvalue weighted by atomic mass is 9.97. The fourth-order valence-electron chi connectivity index (χ4n) is 1.55. The van der Waals surface area contributed by atoms with Gasteiger partial charge in [0.1, 0.15) is 0 Å². The van der Waals surface area contributed by atoms with Gasteiger partial charge in [-0.2, -0.15) is 11.8 Å². The number of benzene rings is 1. The molecule has 0 aliphatic heterocycles. The first-order valence-corrected chi connectivity index (χ1v) is 7.26. The molecule has 84 valence electrons. The lowest BCUT2D eigenvalue weighted by Crippen LogP contribution is -2.13. The molecule has 2 N–H and O–H groups in total. The van der Waals surface area contributed by atoms with Crippen LogP contribution in [-0.4, -0.2) is 18.1 Å². The van der Waals surface area contributed by atoms with Crippen LogP contribution < -0.4 is 5.73 Å². The highest BCUT2D eigenvalue weighted by Crippen LogP contribution is 2.23. The van der Waals surface area contributed by atoms with Crippen molar-refractivity contribution in [2.75, 3.05) is 18.1 Å². The van der Waals surface area contributed by atoms with Gasteiger partial charge in [-0.05, 0) is 48.1 Å². The third-order valence-electron chi connectivity index (χ3n) is 2.42. The Hall–Kier alpha value is 0.01000. The highest BCUT2D eigenvalue weighted by molar-refractivity contribution is 9.10. The molecule has 1 rings (SSSR count). The molecule has 0 saturated carbocycles. The molecule has 0 aliphatic carbocycles. The van der Waals surface area contributed by atoms with Gasteiger partial charge in [0.2, 0.25) is 0 Å². The second-order valence-corrected chi connectivity index (χ2v) is 5.78. The van der Waals surface area contributed by atoms with Crippen LogP contribution >= 0.6 is 27.7 Å². The van der Waals surface area contributed by atoms with Gasteiger partial charge < -0.3 is 5.73 Å². The first-order valence-electron chi connectivity index (χ1n) is 5.31. The molecule has 0 heterocycles. The van der Waals surface area contributed by atoms with E-state index in [1.165, 1.54) is 23.5 Å². The molecule has 0 spiro atoms. The molecule has 0 aromatic heterocycles. The molecule has 1 aromatic rings. The maximum absolute atomic E-state index is 5.81. The Balaban J connectivity index is 2.57. The average Bonchev–Trinajstić information content (AvgIpc) is 2.24. The van der Waals surface area contributed by atoms with Crippen molar-refractivity contribution in [3.63, 3.8) is 0 Å². The summed E-state index contributed by atoms with van der Waals surface area (Å²) >= 11 is 5.48. The predicted octanol–water partition coefficient (Wildman–Crippen LogP) is 3.63. The summed E-state index contributed by atoms with van der Waals surface area (Å²) in [5, 5.41) is 0. The number of thioether (sulfide) groups is 1. The lowest BCUT2D eigenvalue weighted by molar-refractivity contribution is 0.680. The zero-order chi connectivity index (χ0) is 11.1. The van der Waals surface area contributed by atoms with Crippen molar-refractivity contribution in [1.82, 2.24) is 0 Å². The van der Waals surface area contributed by atoms with Crippen LogP contribution in [0.3, 0.4) is 0 Å². The van der Waals surface area contributed by atoms with E-state index in [1.54, 1.807) is 0 Å². The van der Waals surface area contributed by atoms with Gasteiger partial charge in [-0.1, -0.05) is 35.0 Å². The molecule has 3 heteroatoms. The van der Waals surface area contributed by atoms with Crippen molar-refractivity contribution >= 4 is 27.7 Å². The molecule has 0 amide bonds. The van der Waals surface area contributed by atoms with Gasteiger partial charge in [-0.3, -0.25) is 0 Å². The number of nitrogens with two attached hydrogens (primary N) is 1. The Bertz CT molecular complexity index is 291. The summed E-state index contributed by atoms with van der Waals surface area (Å²) < 4.78 is 1.14. The molecule has 0 radical (unpaired) electrons. The van der Waals surface area contributed by atoms with Crippen LogP contribution in [0.1, 0.15) is 24.8 Å². The number of hydrogen-bond donors (Lipinski definition) is 1. The van der Waals surface area contributed by atoms with Crippen LogP contribution in [0.25, 0.3) is 0 Å². The third kappa shape index (κ3) is 4.58. The van der Waals surface area contributed by atoms with Crippen molar-refractivity contribution in [2.24, 2.45) is 5.73 Å². The molecule has 0 saturated heterocycles. The van der Waals surface area contributed by atoms with Gasteiger partial charge in [0.05, 0.1) is 0 Å². The van der Waals surface area contributed by atoms with Crippen LogP contribution in [0.4, 0.5) is 0 Å². The predicted molar refractivity (Wildman–Crippen MR) is 73.6 cm³/mol. The van der Waals surface area contributed by atoms with Crippen LogP contribution in [0.5, 0.6) is 0 Å². The lowest BCUT2D eigenvalue weighted by Gasteiger charge is -2.14. The summed E-state index contributed by atoms with van der Waals surface area (Å²) in [6, 6.07) is 8.47. The second-order valence-electron chi connectivity index (χ2n) is 3.47. The first kappa shape index (κ1) is 13.1. The molecular weight excluding hydrogens is 270 g/mol. The highest BCUT2D eigenvalue weighted by atomic mass is 79.9. The maximum Gasteiger partial charge on any atom is 0.0178 e. The van der Waals surface area contributed by atoms with E-state index in [9.17, 15) is 0 Å². The fourth-order valence-corrected chi connectivity index (χ4v) is 2.71. The molecular formula is C12H18BrNS. The third-order valence-corrected chi connectivity index (χ3v) is 3.85. The molecule has 0 fully saturated rings. The van der Waals surface area contributed by atoms with Crippen LogP contribution in [0.2, 0.25) is 0 Å². The van der Waals surface area contributed by atoms with Crippen LogP contribution in [0.15, 0.2) is 28.7 Å². The zero-order valence-corrected chi connectivity index (χ0v) is 11.5. The van der Waals surface area contributed by atoms with E-state index >= 15 is 0 Å². The summed E-state index contributed by atoms with van der Waals surface area (Å²) in [6.45, 7) is 2.93. The molecule has 0 aliphatic rings. The maximum atomic E-state index is 5.81. The van der Waals surface area contributed by atoms with E-state index < -0.39 is 0 Å². The SMILES string of the molecule is CCSCCC(CN)c1cccc(Br)c1. The Morgan fingerprint density at radius 2 is 2.27 bits per heavy atom. The minimum atomic E-state index is 0.501. The zero-order valence-electron chi connectivity index (χ0n) is 9.08. The van der Waals surface area contributed by atoms with Gasteiger partial charge in [0.15, 0.2) is 0 Å². The Labute approximate surface area is 105 Å². The van der Waals surface area contributed by atoms with E-state index in [0.29, 0.717) is 5.92 Å². The van der Waals surface area contributed by atoms with Gasteiger partial charge in [-0.15, -0.1) is 0 Å². The summed E-state index contributed by atoms with van der Waals surface area (Å²) in [7, 11) is 0. The van der Waals surface area contributed by atoms with E-state index in [-0.39, 0.29) is 0 Å². The normalized spacial score (nSPS) is 12.7. The largest absolute Gasteiger partial charge is 0.330 e. The standard InChI is InChI=1S/C12H18BrNS/c1-2-15-7-6-11(9-14)10-4-3-5-12(13)8-10/h3-5,8,11H,2,6-7,9,14H2,1H3. The first-order chi connectivity index (χ1) is 7.27. The molecule has 1 nitrogen and oxygen atoms in total. The number of hydrogen-bond acceptors (Lipinski definition) is 2. The Morgan fingerprint density at radius 1 is 1.47 bits per heavy atom. The Kier molecular flexibility index (Phi) is 6.37. The van der Waals surface area contributed by atoms with E-state index in [4.69, 9.17) is 5.73 Å².